The summed E-state index contributed by atoms with van der Waals surface area (Å²) < 4.78 is 1.58. The molecule has 8 heteroatoms. The fraction of sp³-hybridized carbons (Fsp3) is 0.524. The van der Waals surface area contributed by atoms with Crippen LogP contribution >= 0.6 is 23.1 Å². The van der Waals surface area contributed by atoms with Gasteiger partial charge in [0.05, 0.1) is 17.2 Å². The first-order valence-corrected chi connectivity index (χ1v) is 11.6. The molecular weight excluding hydrogens is 404 g/mol. The summed E-state index contributed by atoms with van der Waals surface area (Å²) in [6.07, 6.45) is 6.13. The van der Waals surface area contributed by atoms with Gasteiger partial charge in [-0.2, -0.15) is 5.26 Å². The van der Waals surface area contributed by atoms with Crippen molar-refractivity contribution in [2.75, 3.05) is 12.8 Å². The number of nitrogens with zero attached hydrogens (tertiary/aromatic N) is 4. The molecule has 0 bridgehead atoms. The van der Waals surface area contributed by atoms with Gasteiger partial charge < -0.3 is 4.90 Å². The zero-order valence-electron chi connectivity index (χ0n) is 17.2. The first-order valence-electron chi connectivity index (χ1n) is 9.77. The molecule has 3 rings (SSSR count). The molecule has 6 nitrogen and oxygen atoms in total. The van der Waals surface area contributed by atoms with Gasteiger partial charge in [-0.25, -0.2) is 4.98 Å². The number of carbonyl (C=O) groups is 1. The van der Waals surface area contributed by atoms with Crippen LogP contribution in [-0.4, -0.2) is 38.7 Å². The third kappa shape index (κ3) is 3.99. The van der Waals surface area contributed by atoms with Crippen molar-refractivity contribution in [2.45, 2.75) is 63.2 Å². The largest absolute Gasteiger partial charge is 0.326 e. The predicted molar refractivity (Wildman–Crippen MR) is 118 cm³/mol. The molecule has 0 saturated heterocycles. The van der Waals surface area contributed by atoms with E-state index >= 15 is 0 Å². The number of thiophene rings is 1. The van der Waals surface area contributed by atoms with E-state index in [1.54, 1.807) is 22.6 Å². The maximum absolute atomic E-state index is 13.0. The van der Waals surface area contributed by atoms with E-state index in [0.29, 0.717) is 21.9 Å². The normalized spacial score (nSPS) is 15.8. The van der Waals surface area contributed by atoms with Gasteiger partial charge in [0.2, 0.25) is 5.91 Å². The van der Waals surface area contributed by atoms with E-state index in [1.807, 2.05) is 13.8 Å². The number of aromatic nitrogens is 2. The van der Waals surface area contributed by atoms with Crippen molar-refractivity contribution in [1.29, 1.82) is 5.26 Å². The number of thioether (sulfide) groups is 1. The molecule has 154 valence electrons. The Morgan fingerprint density at radius 3 is 2.72 bits per heavy atom. The zero-order valence-corrected chi connectivity index (χ0v) is 18.8. The van der Waals surface area contributed by atoms with E-state index in [2.05, 4.69) is 17.6 Å². The number of rotatable bonds is 6. The summed E-state index contributed by atoms with van der Waals surface area (Å²) in [7, 11) is 1.72. The van der Waals surface area contributed by atoms with Crippen LogP contribution < -0.4 is 5.56 Å². The van der Waals surface area contributed by atoms with E-state index in [0.717, 1.165) is 42.5 Å². The Labute approximate surface area is 179 Å². The Kier molecular flexibility index (Phi) is 6.49. The topological polar surface area (TPSA) is 79.0 Å². The summed E-state index contributed by atoms with van der Waals surface area (Å²) in [4.78, 5) is 34.0. The van der Waals surface area contributed by atoms with Gasteiger partial charge in [-0.3, -0.25) is 14.2 Å². The Morgan fingerprint density at radius 2 is 2.10 bits per heavy atom. The van der Waals surface area contributed by atoms with Crippen LogP contribution in [0.15, 0.2) is 22.6 Å². The van der Waals surface area contributed by atoms with E-state index in [9.17, 15) is 14.9 Å². The number of aryl methyl sites for hydroxylation is 2. The van der Waals surface area contributed by atoms with Crippen LogP contribution in [0.3, 0.4) is 0 Å². The highest BCUT2D eigenvalue weighted by Gasteiger charge is 2.38. The number of carbonyl (C=O) groups excluding carboxylic acids is 1. The molecule has 0 aliphatic heterocycles. The lowest BCUT2D eigenvalue weighted by atomic mass is 9.81. The molecule has 1 amide bonds. The SMILES string of the molecule is C=CCn1c(SCC(=O)N(C)C2(C#N)CCCCC2)nc2sc(C)c(C)c2c1=O. The summed E-state index contributed by atoms with van der Waals surface area (Å²) in [6.45, 7) is 8.00. The molecule has 2 aromatic heterocycles. The second-order valence-electron chi connectivity index (χ2n) is 7.51. The van der Waals surface area contributed by atoms with E-state index < -0.39 is 5.54 Å². The number of allylic oxidation sites excluding steroid dienone is 1. The molecule has 1 aliphatic carbocycles. The number of hydrogen-bond donors (Lipinski definition) is 0. The van der Waals surface area contributed by atoms with Crippen LogP contribution in [0.1, 0.15) is 42.5 Å². The number of fused-ring (bicyclic) bond motifs is 1. The fourth-order valence-corrected chi connectivity index (χ4v) is 5.82. The minimum atomic E-state index is -0.712. The average molecular weight is 431 g/mol. The first-order chi connectivity index (χ1) is 13.8. The predicted octanol–water partition coefficient (Wildman–Crippen LogP) is 4.04. The van der Waals surface area contributed by atoms with Crippen molar-refractivity contribution in [3.63, 3.8) is 0 Å². The van der Waals surface area contributed by atoms with Crippen molar-refractivity contribution < 1.29 is 4.79 Å². The third-order valence-corrected chi connectivity index (χ3v) is 7.86. The second-order valence-corrected chi connectivity index (χ2v) is 9.65. The van der Waals surface area contributed by atoms with Gasteiger partial charge in [0, 0.05) is 18.5 Å². The van der Waals surface area contributed by atoms with Crippen molar-refractivity contribution in [3.8, 4) is 6.07 Å². The van der Waals surface area contributed by atoms with E-state index in [-0.39, 0.29) is 17.2 Å². The van der Waals surface area contributed by atoms with Gasteiger partial charge in [-0.05, 0) is 32.3 Å². The first kappa shape index (κ1) is 21.6. The highest BCUT2D eigenvalue weighted by atomic mass is 32.2. The molecule has 0 aromatic carbocycles. The fourth-order valence-electron chi connectivity index (χ4n) is 3.83. The van der Waals surface area contributed by atoms with Crippen molar-refractivity contribution >= 4 is 39.2 Å². The summed E-state index contributed by atoms with van der Waals surface area (Å²) in [5.41, 5.74) is 0.150. The van der Waals surface area contributed by atoms with Gasteiger partial charge >= 0.3 is 0 Å². The van der Waals surface area contributed by atoms with Gasteiger partial charge in [0.1, 0.15) is 10.4 Å². The molecule has 0 unspecified atom stereocenters. The summed E-state index contributed by atoms with van der Waals surface area (Å²) in [5.74, 6) is 0.0229. The molecular formula is C21H26N4O2S2. The maximum Gasteiger partial charge on any atom is 0.263 e. The zero-order chi connectivity index (χ0) is 21.2. The molecule has 0 N–H and O–H groups in total. The van der Waals surface area contributed by atoms with Crippen molar-refractivity contribution in [1.82, 2.24) is 14.5 Å². The third-order valence-electron chi connectivity index (χ3n) is 5.80. The summed E-state index contributed by atoms with van der Waals surface area (Å²) in [6, 6.07) is 2.38. The van der Waals surface area contributed by atoms with Crippen molar-refractivity contribution in [2.24, 2.45) is 0 Å². The standard InChI is InChI=1S/C21H26N4O2S2/c1-5-11-25-19(27)17-14(2)15(3)29-18(17)23-20(25)28-12-16(26)24(4)21(13-22)9-7-6-8-10-21/h5H,1,6-12H2,2-4H3. The lowest BCUT2D eigenvalue weighted by molar-refractivity contribution is -0.131. The van der Waals surface area contributed by atoms with E-state index in [1.165, 1.54) is 23.1 Å². The Balaban J connectivity index is 1.87. The molecule has 0 atom stereocenters. The quantitative estimate of drug-likeness (QED) is 0.393. The van der Waals surface area contributed by atoms with Crippen LogP contribution in [0.5, 0.6) is 0 Å². The molecule has 1 aliphatic rings. The Bertz CT molecular complexity index is 1040. The molecule has 2 heterocycles. The number of nitriles is 1. The summed E-state index contributed by atoms with van der Waals surface area (Å²) in [5, 5.41) is 10.9. The monoisotopic (exact) mass is 430 g/mol. The molecule has 0 radical (unpaired) electrons. The smallest absolute Gasteiger partial charge is 0.263 e. The van der Waals surface area contributed by atoms with Crippen LogP contribution in [0.2, 0.25) is 0 Å². The van der Waals surface area contributed by atoms with Gasteiger partial charge in [0.15, 0.2) is 5.16 Å². The Morgan fingerprint density at radius 1 is 1.41 bits per heavy atom. The molecule has 2 aromatic rings. The molecule has 29 heavy (non-hydrogen) atoms. The second kappa shape index (κ2) is 8.72. The molecule has 1 fully saturated rings. The highest BCUT2D eigenvalue weighted by molar-refractivity contribution is 7.99. The molecule has 0 spiro atoms. The summed E-state index contributed by atoms with van der Waals surface area (Å²) >= 11 is 2.75. The van der Waals surface area contributed by atoms with Crippen LogP contribution in [-0.2, 0) is 11.3 Å². The average Bonchev–Trinajstić information content (AvgIpc) is 3.02. The highest BCUT2D eigenvalue weighted by Crippen LogP contribution is 2.33. The molecule has 1 saturated carbocycles. The minimum Gasteiger partial charge on any atom is -0.326 e. The number of amides is 1. The van der Waals surface area contributed by atoms with Crippen LogP contribution in [0.25, 0.3) is 10.2 Å². The van der Waals surface area contributed by atoms with Crippen LogP contribution in [0, 0.1) is 25.2 Å². The van der Waals surface area contributed by atoms with Gasteiger partial charge in [0.25, 0.3) is 5.56 Å². The number of hydrogen-bond acceptors (Lipinski definition) is 6. The lowest BCUT2D eigenvalue weighted by Gasteiger charge is -2.39. The Hall–Kier alpha value is -2.11. The van der Waals surface area contributed by atoms with E-state index in [4.69, 9.17) is 0 Å². The van der Waals surface area contributed by atoms with Gasteiger partial charge in [-0.15, -0.1) is 17.9 Å². The minimum absolute atomic E-state index is 0.0965. The van der Waals surface area contributed by atoms with Gasteiger partial charge in [-0.1, -0.05) is 37.1 Å². The maximum atomic E-state index is 13.0. The van der Waals surface area contributed by atoms with Crippen molar-refractivity contribution in [3.05, 3.63) is 33.4 Å². The lowest BCUT2D eigenvalue weighted by Crippen LogP contribution is -2.50. The van der Waals surface area contributed by atoms with Crippen LogP contribution in [0.4, 0.5) is 0 Å².